The van der Waals surface area contributed by atoms with Crippen LogP contribution in [-0.4, -0.2) is 29.9 Å². The Morgan fingerprint density at radius 2 is 1.90 bits per heavy atom. The molecule has 0 saturated carbocycles. The van der Waals surface area contributed by atoms with Crippen molar-refractivity contribution in [2.75, 3.05) is 7.11 Å². The minimum Gasteiger partial charge on any atom is -0.475 e. The predicted octanol–water partition coefficient (Wildman–Crippen LogP) is -0.797. The third-order valence-corrected chi connectivity index (χ3v) is 0.771. The number of carbonyl (C=O) groups excluding carboxylic acids is 2. The number of ketones is 1. The summed E-state index contributed by atoms with van der Waals surface area (Å²) in [4.78, 5) is 30.2. The number of rotatable bonds is 3. The van der Waals surface area contributed by atoms with Gasteiger partial charge in [0, 0.05) is 0 Å². The lowest BCUT2D eigenvalue weighted by molar-refractivity contribution is -0.153. The van der Waals surface area contributed by atoms with Crippen molar-refractivity contribution < 1.29 is 24.2 Å². The highest BCUT2D eigenvalue weighted by molar-refractivity contribution is 6.35. The van der Waals surface area contributed by atoms with Gasteiger partial charge in [-0.2, -0.15) is 0 Å². The molecule has 0 saturated heterocycles. The quantitative estimate of drug-likeness (QED) is 0.320. The van der Waals surface area contributed by atoms with Gasteiger partial charge in [-0.25, -0.2) is 4.79 Å². The summed E-state index contributed by atoms with van der Waals surface area (Å²) < 4.78 is 4.05. The van der Waals surface area contributed by atoms with Crippen molar-refractivity contribution in [1.29, 1.82) is 0 Å². The molecule has 0 bridgehead atoms. The first-order chi connectivity index (χ1) is 4.57. The van der Waals surface area contributed by atoms with Crippen LogP contribution >= 0.6 is 0 Å². The molecular formula is C5H6O5. The van der Waals surface area contributed by atoms with E-state index < -0.39 is 24.1 Å². The molecule has 5 nitrogen and oxygen atoms in total. The van der Waals surface area contributed by atoms with Gasteiger partial charge >= 0.3 is 11.9 Å². The molecular weight excluding hydrogens is 140 g/mol. The Balaban J connectivity index is 3.80. The van der Waals surface area contributed by atoms with E-state index in [0.717, 1.165) is 7.11 Å². The third-order valence-electron chi connectivity index (χ3n) is 0.771. The molecule has 0 radical (unpaired) electrons. The molecule has 0 heterocycles. The zero-order chi connectivity index (χ0) is 8.15. The van der Waals surface area contributed by atoms with Crippen molar-refractivity contribution in [3.8, 4) is 0 Å². The molecule has 0 aromatic rings. The topological polar surface area (TPSA) is 80.7 Å². The smallest absolute Gasteiger partial charge is 0.372 e. The molecule has 0 fully saturated rings. The highest BCUT2D eigenvalue weighted by Gasteiger charge is 2.15. The minimum absolute atomic E-state index is 0.703. The summed E-state index contributed by atoms with van der Waals surface area (Å²) in [5.74, 6) is -3.62. The van der Waals surface area contributed by atoms with Crippen LogP contribution in [0.4, 0.5) is 0 Å². The predicted molar refractivity (Wildman–Crippen MR) is 29.3 cm³/mol. The van der Waals surface area contributed by atoms with E-state index >= 15 is 0 Å². The molecule has 1 N–H and O–H groups in total. The number of hydrogen-bond acceptors (Lipinski definition) is 4. The normalized spacial score (nSPS) is 8.50. The molecule has 0 atom stereocenters. The molecule has 0 aliphatic rings. The first kappa shape index (κ1) is 8.61. The summed E-state index contributed by atoms with van der Waals surface area (Å²) >= 11 is 0. The Morgan fingerprint density at radius 3 is 2.20 bits per heavy atom. The van der Waals surface area contributed by atoms with Crippen molar-refractivity contribution in [2.45, 2.75) is 6.42 Å². The van der Waals surface area contributed by atoms with Crippen LogP contribution in [0.1, 0.15) is 6.42 Å². The monoisotopic (exact) mass is 146 g/mol. The lowest BCUT2D eigenvalue weighted by Gasteiger charge is -1.92. The number of carboxylic acid groups (broad SMARTS) is 1. The zero-order valence-electron chi connectivity index (χ0n) is 5.29. The summed E-state index contributed by atoms with van der Waals surface area (Å²) in [7, 11) is 1.08. The van der Waals surface area contributed by atoms with E-state index in [4.69, 9.17) is 5.11 Å². The van der Waals surface area contributed by atoms with Crippen molar-refractivity contribution in [1.82, 2.24) is 0 Å². The fourth-order valence-electron chi connectivity index (χ4n) is 0.279. The van der Waals surface area contributed by atoms with E-state index in [1.165, 1.54) is 0 Å². The molecule has 0 aliphatic heterocycles. The lowest BCUT2D eigenvalue weighted by Crippen LogP contribution is -2.17. The lowest BCUT2D eigenvalue weighted by atomic mass is 10.3. The average molecular weight is 146 g/mol. The van der Waals surface area contributed by atoms with E-state index in [9.17, 15) is 14.4 Å². The van der Waals surface area contributed by atoms with E-state index in [1.807, 2.05) is 0 Å². The van der Waals surface area contributed by atoms with E-state index in [0.29, 0.717) is 0 Å². The van der Waals surface area contributed by atoms with Crippen molar-refractivity contribution in [3.63, 3.8) is 0 Å². The summed E-state index contributed by atoms with van der Waals surface area (Å²) in [5, 5.41) is 7.97. The van der Waals surface area contributed by atoms with E-state index in [2.05, 4.69) is 4.74 Å². The van der Waals surface area contributed by atoms with Gasteiger partial charge in [0.15, 0.2) is 0 Å². The maximum absolute atomic E-state index is 10.2. The van der Waals surface area contributed by atoms with Gasteiger partial charge in [0.05, 0.1) is 7.11 Å². The van der Waals surface area contributed by atoms with Gasteiger partial charge in [0.25, 0.3) is 5.78 Å². The first-order valence-electron chi connectivity index (χ1n) is 2.41. The maximum Gasteiger partial charge on any atom is 0.372 e. The Kier molecular flexibility index (Phi) is 3.10. The van der Waals surface area contributed by atoms with Gasteiger partial charge < -0.3 is 9.84 Å². The second-order valence-electron chi connectivity index (χ2n) is 1.48. The van der Waals surface area contributed by atoms with Crippen LogP contribution in [0.5, 0.6) is 0 Å². The van der Waals surface area contributed by atoms with Crippen LogP contribution < -0.4 is 0 Å². The molecule has 10 heavy (non-hydrogen) atoms. The molecule has 0 rings (SSSR count). The van der Waals surface area contributed by atoms with Crippen LogP contribution in [0, 0.1) is 0 Å². The Morgan fingerprint density at radius 1 is 1.40 bits per heavy atom. The maximum atomic E-state index is 10.2. The highest BCUT2D eigenvalue weighted by Crippen LogP contribution is 1.85. The SMILES string of the molecule is COC(=O)CC(=O)C(=O)O. The Labute approximate surface area is 56.6 Å². The van der Waals surface area contributed by atoms with Crippen molar-refractivity contribution in [3.05, 3.63) is 0 Å². The molecule has 5 heteroatoms. The fraction of sp³-hybridized carbons (Fsp3) is 0.400. The van der Waals surface area contributed by atoms with Gasteiger partial charge in [-0.05, 0) is 0 Å². The average Bonchev–Trinajstić information content (AvgIpc) is 1.87. The molecule has 0 spiro atoms. The van der Waals surface area contributed by atoms with E-state index in [-0.39, 0.29) is 0 Å². The van der Waals surface area contributed by atoms with Crippen molar-refractivity contribution >= 4 is 17.7 Å². The molecule has 56 valence electrons. The van der Waals surface area contributed by atoms with Gasteiger partial charge in [-0.3, -0.25) is 9.59 Å². The number of aliphatic carboxylic acids is 1. The number of Topliss-reactive ketones (excluding diaryl/α,β-unsaturated/α-hetero) is 1. The number of carboxylic acids is 1. The summed E-state index contributed by atoms with van der Waals surface area (Å²) in [6, 6.07) is 0. The van der Waals surface area contributed by atoms with Gasteiger partial charge in [0.2, 0.25) is 0 Å². The summed E-state index contributed by atoms with van der Waals surface area (Å²) in [6.07, 6.45) is -0.703. The molecule has 0 aliphatic carbocycles. The highest BCUT2D eigenvalue weighted by atomic mass is 16.5. The van der Waals surface area contributed by atoms with Crippen LogP contribution in [-0.2, 0) is 19.1 Å². The first-order valence-corrected chi connectivity index (χ1v) is 2.41. The Bertz CT molecular complexity index is 171. The second kappa shape index (κ2) is 3.60. The van der Waals surface area contributed by atoms with E-state index in [1.54, 1.807) is 0 Å². The number of esters is 1. The van der Waals surface area contributed by atoms with Crippen molar-refractivity contribution in [2.24, 2.45) is 0 Å². The summed E-state index contributed by atoms with van der Waals surface area (Å²) in [6.45, 7) is 0. The summed E-state index contributed by atoms with van der Waals surface area (Å²) in [5.41, 5.74) is 0. The van der Waals surface area contributed by atoms with Crippen LogP contribution in [0.3, 0.4) is 0 Å². The van der Waals surface area contributed by atoms with Gasteiger partial charge in [-0.15, -0.1) is 0 Å². The number of ether oxygens (including phenoxy) is 1. The third kappa shape index (κ3) is 2.81. The number of methoxy groups -OCH3 is 1. The molecule has 0 amide bonds. The fourth-order valence-corrected chi connectivity index (χ4v) is 0.279. The standard InChI is InChI=1S/C5H6O5/c1-10-4(7)2-3(6)5(8)9/h2H2,1H3,(H,8,9). The zero-order valence-corrected chi connectivity index (χ0v) is 5.29. The minimum atomic E-state index is -1.62. The molecule has 0 aromatic carbocycles. The van der Waals surface area contributed by atoms with Crippen LogP contribution in [0.2, 0.25) is 0 Å². The van der Waals surface area contributed by atoms with Crippen LogP contribution in [0.15, 0.2) is 0 Å². The largest absolute Gasteiger partial charge is 0.475 e. The molecule has 0 aromatic heterocycles. The van der Waals surface area contributed by atoms with Gasteiger partial charge in [-0.1, -0.05) is 0 Å². The number of hydrogen-bond donors (Lipinski definition) is 1. The second-order valence-corrected chi connectivity index (χ2v) is 1.48. The Hall–Kier alpha value is -1.39. The van der Waals surface area contributed by atoms with Crippen LogP contribution in [0.25, 0.3) is 0 Å². The van der Waals surface area contributed by atoms with Gasteiger partial charge in [0.1, 0.15) is 6.42 Å². The molecule has 0 unspecified atom stereocenters. The number of carbonyl (C=O) groups is 3.